The molecule has 1 atom stereocenters. The molecule has 1 amide bonds. The van der Waals surface area contributed by atoms with Crippen molar-refractivity contribution in [2.75, 3.05) is 46.5 Å². The molecule has 4 rings (SSSR count). The van der Waals surface area contributed by atoms with Gasteiger partial charge in [-0.1, -0.05) is 23.7 Å². The molecule has 35 heavy (non-hydrogen) atoms. The number of aliphatic hydroxyl groups is 1. The number of likely N-dealkylation sites (tertiary alicyclic amines) is 1. The number of nitrogens with zero attached hydrogens (tertiary/aromatic N) is 2. The van der Waals surface area contributed by atoms with Crippen LogP contribution >= 0.6 is 11.6 Å². The fourth-order valence-electron chi connectivity index (χ4n) is 4.43. The Morgan fingerprint density at radius 3 is 2.29 bits per heavy atom. The summed E-state index contributed by atoms with van der Waals surface area (Å²) in [5.41, 5.74) is 1.35. The molecular weight excluding hydrogens is 472 g/mol. The number of hydrogen-bond donors (Lipinski definition) is 1. The maximum absolute atomic E-state index is 13.1. The minimum Gasteiger partial charge on any atom is -0.507 e. The van der Waals surface area contributed by atoms with Crippen molar-refractivity contribution in [1.82, 2.24) is 9.80 Å². The Morgan fingerprint density at radius 1 is 1.03 bits per heavy atom. The molecule has 0 radical (unpaired) electrons. The Labute approximate surface area is 208 Å². The number of rotatable bonds is 7. The van der Waals surface area contributed by atoms with Crippen molar-refractivity contribution in [2.24, 2.45) is 0 Å². The molecule has 1 N–H and O–H groups in total. The summed E-state index contributed by atoms with van der Waals surface area (Å²) in [6, 6.07) is 12.1. The van der Waals surface area contributed by atoms with Crippen LogP contribution in [0.25, 0.3) is 5.76 Å². The fourth-order valence-corrected chi connectivity index (χ4v) is 4.56. The van der Waals surface area contributed by atoms with Crippen molar-refractivity contribution < 1.29 is 29.0 Å². The van der Waals surface area contributed by atoms with Crippen molar-refractivity contribution >= 4 is 35.0 Å². The Morgan fingerprint density at radius 2 is 1.66 bits per heavy atom. The van der Waals surface area contributed by atoms with Gasteiger partial charge in [0.25, 0.3) is 11.7 Å². The van der Waals surface area contributed by atoms with Gasteiger partial charge in [-0.05, 0) is 48.4 Å². The molecule has 0 aliphatic carbocycles. The second kappa shape index (κ2) is 11.0. The van der Waals surface area contributed by atoms with Gasteiger partial charge in [-0.15, -0.1) is 0 Å². The maximum Gasteiger partial charge on any atom is 0.337 e. The lowest BCUT2D eigenvalue weighted by molar-refractivity contribution is -0.140. The van der Waals surface area contributed by atoms with Gasteiger partial charge in [0.15, 0.2) is 0 Å². The molecular formula is C26H27ClN2O6. The lowest BCUT2D eigenvalue weighted by Gasteiger charge is -2.29. The molecule has 2 aromatic carbocycles. The van der Waals surface area contributed by atoms with E-state index < -0.39 is 23.7 Å². The van der Waals surface area contributed by atoms with Crippen LogP contribution in [0.1, 0.15) is 33.9 Å². The second-order valence-electron chi connectivity index (χ2n) is 8.42. The van der Waals surface area contributed by atoms with E-state index in [1.165, 1.54) is 12.0 Å². The Bertz CT molecular complexity index is 1120. The number of morpholine rings is 1. The van der Waals surface area contributed by atoms with Crippen LogP contribution in [-0.2, 0) is 19.1 Å². The van der Waals surface area contributed by atoms with Gasteiger partial charge in [-0.25, -0.2) is 4.79 Å². The van der Waals surface area contributed by atoms with E-state index >= 15 is 0 Å². The zero-order valence-corrected chi connectivity index (χ0v) is 20.2. The number of carbonyl (C=O) groups is 3. The van der Waals surface area contributed by atoms with Crippen LogP contribution in [-0.4, -0.2) is 79.1 Å². The van der Waals surface area contributed by atoms with E-state index in [9.17, 15) is 19.5 Å². The number of ether oxygens (including phenoxy) is 2. The standard InChI is InChI=1S/C26H27ClN2O6/c1-34-26(33)19-5-3-17(4-6-19)22-21(23(30)18-7-9-20(27)10-8-18)24(31)25(32)29(22)12-2-11-28-13-15-35-16-14-28/h3-10,22,30H,2,11-16H2,1H3/b23-21+/t22-/m1/s1. The molecule has 2 aliphatic rings. The van der Waals surface area contributed by atoms with Gasteiger partial charge < -0.3 is 19.5 Å². The third-order valence-electron chi connectivity index (χ3n) is 6.28. The molecule has 0 saturated carbocycles. The lowest BCUT2D eigenvalue weighted by atomic mass is 9.94. The molecule has 0 spiro atoms. The quantitative estimate of drug-likeness (QED) is 0.271. The van der Waals surface area contributed by atoms with E-state index in [-0.39, 0.29) is 11.3 Å². The number of carbonyl (C=O) groups excluding carboxylic acids is 3. The highest BCUT2D eigenvalue weighted by molar-refractivity contribution is 6.46. The third kappa shape index (κ3) is 5.40. The molecule has 2 saturated heterocycles. The Hall–Kier alpha value is -3.20. The first-order valence-electron chi connectivity index (χ1n) is 11.4. The van der Waals surface area contributed by atoms with Crippen LogP contribution in [0.3, 0.4) is 0 Å². The molecule has 184 valence electrons. The average molecular weight is 499 g/mol. The van der Waals surface area contributed by atoms with Gasteiger partial charge in [-0.3, -0.25) is 14.5 Å². The molecule has 2 aromatic rings. The van der Waals surface area contributed by atoms with Crippen molar-refractivity contribution in [1.29, 1.82) is 0 Å². The second-order valence-corrected chi connectivity index (χ2v) is 8.86. The number of methoxy groups -OCH3 is 1. The first-order valence-corrected chi connectivity index (χ1v) is 11.8. The largest absolute Gasteiger partial charge is 0.507 e. The summed E-state index contributed by atoms with van der Waals surface area (Å²) >= 11 is 5.97. The molecule has 0 bridgehead atoms. The van der Waals surface area contributed by atoms with Gasteiger partial charge in [0.2, 0.25) is 0 Å². The van der Waals surface area contributed by atoms with Crippen molar-refractivity contribution in [3.63, 3.8) is 0 Å². The van der Waals surface area contributed by atoms with Crippen molar-refractivity contribution in [2.45, 2.75) is 12.5 Å². The van der Waals surface area contributed by atoms with E-state index in [2.05, 4.69) is 4.90 Å². The van der Waals surface area contributed by atoms with Crippen molar-refractivity contribution in [3.05, 3.63) is 75.8 Å². The van der Waals surface area contributed by atoms with E-state index in [4.69, 9.17) is 21.1 Å². The summed E-state index contributed by atoms with van der Waals surface area (Å²) in [5, 5.41) is 11.6. The molecule has 2 aliphatic heterocycles. The van der Waals surface area contributed by atoms with Gasteiger partial charge in [-0.2, -0.15) is 0 Å². The van der Waals surface area contributed by atoms with Crippen LogP contribution in [0.2, 0.25) is 5.02 Å². The molecule has 8 nitrogen and oxygen atoms in total. The summed E-state index contributed by atoms with van der Waals surface area (Å²) in [6.45, 7) is 4.11. The highest BCUT2D eigenvalue weighted by Gasteiger charge is 2.45. The molecule has 9 heteroatoms. The first kappa shape index (κ1) is 24.9. The summed E-state index contributed by atoms with van der Waals surface area (Å²) in [6.07, 6.45) is 0.657. The summed E-state index contributed by atoms with van der Waals surface area (Å²) in [4.78, 5) is 41.9. The van der Waals surface area contributed by atoms with Gasteiger partial charge >= 0.3 is 5.97 Å². The number of esters is 1. The highest BCUT2D eigenvalue weighted by atomic mass is 35.5. The zero-order chi connectivity index (χ0) is 24.9. The van der Waals surface area contributed by atoms with Crippen LogP contribution in [0.15, 0.2) is 54.1 Å². The van der Waals surface area contributed by atoms with Crippen LogP contribution in [0.5, 0.6) is 0 Å². The molecule has 0 unspecified atom stereocenters. The number of Topliss-reactive ketones (excluding diaryl/α,β-unsaturated/α-hetero) is 1. The predicted molar refractivity (Wildman–Crippen MR) is 130 cm³/mol. The van der Waals surface area contributed by atoms with Gasteiger partial charge in [0, 0.05) is 36.8 Å². The Balaban J connectivity index is 1.68. The van der Waals surface area contributed by atoms with E-state index in [0.29, 0.717) is 47.9 Å². The normalized spacial score (nSPS) is 20.3. The number of ketones is 1. The molecule has 0 aromatic heterocycles. The average Bonchev–Trinajstić information content (AvgIpc) is 3.14. The summed E-state index contributed by atoms with van der Waals surface area (Å²) in [5.74, 6) is -2.16. The van der Waals surface area contributed by atoms with Gasteiger partial charge in [0.1, 0.15) is 5.76 Å². The Kier molecular flexibility index (Phi) is 7.85. The minimum atomic E-state index is -0.790. The van der Waals surface area contributed by atoms with Crippen LogP contribution in [0, 0.1) is 0 Å². The van der Waals surface area contributed by atoms with Crippen LogP contribution in [0.4, 0.5) is 0 Å². The van der Waals surface area contributed by atoms with E-state index in [1.54, 1.807) is 48.5 Å². The first-order chi connectivity index (χ1) is 16.9. The molecule has 2 fully saturated rings. The molecule has 2 heterocycles. The number of amides is 1. The number of hydrogen-bond acceptors (Lipinski definition) is 7. The topological polar surface area (TPSA) is 96.4 Å². The monoisotopic (exact) mass is 498 g/mol. The highest BCUT2D eigenvalue weighted by Crippen LogP contribution is 2.39. The minimum absolute atomic E-state index is 0.00881. The van der Waals surface area contributed by atoms with E-state index in [1.807, 2.05) is 0 Å². The summed E-state index contributed by atoms with van der Waals surface area (Å²) in [7, 11) is 1.30. The number of aliphatic hydroxyl groups excluding tert-OH is 1. The zero-order valence-electron chi connectivity index (χ0n) is 19.4. The lowest BCUT2D eigenvalue weighted by Crippen LogP contribution is -2.39. The van der Waals surface area contributed by atoms with Crippen LogP contribution < -0.4 is 0 Å². The van der Waals surface area contributed by atoms with E-state index in [0.717, 1.165) is 19.6 Å². The fraction of sp³-hybridized carbons (Fsp3) is 0.346. The van der Waals surface area contributed by atoms with Gasteiger partial charge in [0.05, 0.1) is 37.5 Å². The number of halogens is 1. The predicted octanol–water partition coefficient (Wildman–Crippen LogP) is 3.27. The SMILES string of the molecule is COC(=O)c1ccc([C@@H]2/C(=C(\O)c3ccc(Cl)cc3)C(=O)C(=O)N2CCCN2CCOCC2)cc1. The maximum atomic E-state index is 13.1. The van der Waals surface area contributed by atoms with Crippen molar-refractivity contribution in [3.8, 4) is 0 Å². The smallest absolute Gasteiger partial charge is 0.337 e. The third-order valence-corrected chi connectivity index (χ3v) is 6.53. The number of benzene rings is 2. The summed E-state index contributed by atoms with van der Waals surface area (Å²) < 4.78 is 10.1.